The van der Waals surface area contributed by atoms with Crippen molar-refractivity contribution in [2.75, 3.05) is 18.9 Å². The van der Waals surface area contributed by atoms with Gasteiger partial charge >= 0.3 is 0 Å². The van der Waals surface area contributed by atoms with Gasteiger partial charge in [0.1, 0.15) is 6.54 Å². The van der Waals surface area contributed by atoms with Crippen molar-refractivity contribution in [3.05, 3.63) is 63.1 Å². The lowest BCUT2D eigenvalue weighted by Crippen LogP contribution is -3.08. The standard InChI is InChI=1S/C19H22Cl2N2O/c1-4-14-8-5-7-13(2)19(14)22-17(24)12-23(3)11-15-9-6-10-16(20)18(15)21/h5-10H,4,11-12H2,1-3H3,(H,22,24)/p+1. The predicted octanol–water partition coefficient (Wildman–Crippen LogP) is 3.52. The molecule has 0 bridgehead atoms. The van der Waals surface area contributed by atoms with Crippen LogP contribution in [0.25, 0.3) is 0 Å². The Balaban J connectivity index is 2.01. The Morgan fingerprint density at radius 2 is 1.79 bits per heavy atom. The molecule has 0 aliphatic rings. The van der Waals surface area contributed by atoms with E-state index in [1.165, 1.54) is 0 Å². The number of aryl methyl sites for hydroxylation is 2. The lowest BCUT2D eigenvalue weighted by Gasteiger charge is -2.17. The number of quaternary nitrogens is 1. The number of rotatable bonds is 6. The number of carbonyl (C=O) groups excluding carboxylic acids is 1. The van der Waals surface area contributed by atoms with Crippen LogP contribution in [0.3, 0.4) is 0 Å². The normalized spacial score (nSPS) is 12.0. The lowest BCUT2D eigenvalue weighted by atomic mass is 10.1. The molecule has 1 amide bonds. The van der Waals surface area contributed by atoms with Crippen LogP contribution in [0.2, 0.25) is 10.0 Å². The van der Waals surface area contributed by atoms with E-state index in [9.17, 15) is 4.79 Å². The van der Waals surface area contributed by atoms with Crippen LogP contribution in [0.5, 0.6) is 0 Å². The van der Waals surface area contributed by atoms with Gasteiger partial charge in [0.2, 0.25) is 0 Å². The highest BCUT2D eigenvalue weighted by Crippen LogP contribution is 2.24. The first-order valence-corrected chi connectivity index (χ1v) is 8.80. The number of likely N-dealkylation sites (N-methyl/N-ethyl adjacent to an activating group) is 1. The van der Waals surface area contributed by atoms with E-state index >= 15 is 0 Å². The molecule has 0 fully saturated rings. The SMILES string of the molecule is CCc1cccc(C)c1NC(=O)C[NH+](C)Cc1cccc(Cl)c1Cl. The van der Waals surface area contributed by atoms with Gasteiger partial charge < -0.3 is 10.2 Å². The summed E-state index contributed by atoms with van der Waals surface area (Å²) in [6.07, 6.45) is 0.887. The Bertz CT molecular complexity index is 731. The fourth-order valence-electron chi connectivity index (χ4n) is 2.73. The van der Waals surface area contributed by atoms with E-state index in [0.29, 0.717) is 23.1 Å². The van der Waals surface area contributed by atoms with Crippen molar-refractivity contribution >= 4 is 34.8 Å². The number of benzene rings is 2. The summed E-state index contributed by atoms with van der Waals surface area (Å²) in [6, 6.07) is 11.6. The van der Waals surface area contributed by atoms with E-state index in [4.69, 9.17) is 23.2 Å². The molecule has 2 aromatic rings. The molecule has 0 saturated carbocycles. The zero-order valence-corrected chi connectivity index (χ0v) is 15.8. The van der Waals surface area contributed by atoms with E-state index in [0.717, 1.165) is 33.7 Å². The number of carbonyl (C=O) groups is 1. The molecule has 2 rings (SSSR count). The summed E-state index contributed by atoms with van der Waals surface area (Å²) in [4.78, 5) is 13.4. The van der Waals surface area contributed by atoms with Crippen LogP contribution in [0.1, 0.15) is 23.6 Å². The summed E-state index contributed by atoms with van der Waals surface area (Å²) in [5.74, 6) is -0.00495. The predicted molar refractivity (Wildman–Crippen MR) is 101 cm³/mol. The van der Waals surface area contributed by atoms with E-state index in [1.807, 2.05) is 44.3 Å². The molecular formula is C19H23Cl2N2O+. The van der Waals surface area contributed by atoms with Crippen molar-refractivity contribution < 1.29 is 9.69 Å². The summed E-state index contributed by atoms with van der Waals surface area (Å²) >= 11 is 12.3. The van der Waals surface area contributed by atoms with Crippen molar-refractivity contribution in [1.82, 2.24) is 0 Å². The quantitative estimate of drug-likeness (QED) is 0.806. The first-order valence-electron chi connectivity index (χ1n) is 8.04. The zero-order chi connectivity index (χ0) is 17.7. The van der Waals surface area contributed by atoms with Gasteiger partial charge in [-0.25, -0.2) is 0 Å². The van der Waals surface area contributed by atoms with Crippen molar-refractivity contribution in [2.45, 2.75) is 26.8 Å². The van der Waals surface area contributed by atoms with Crippen LogP contribution < -0.4 is 10.2 Å². The summed E-state index contributed by atoms with van der Waals surface area (Å²) in [7, 11) is 1.97. The molecule has 1 atom stereocenters. The van der Waals surface area contributed by atoms with Gasteiger partial charge in [0.25, 0.3) is 5.91 Å². The molecule has 2 aromatic carbocycles. The Morgan fingerprint density at radius 1 is 1.12 bits per heavy atom. The number of amides is 1. The smallest absolute Gasteiger partial charge is 0.279 e. The van der Waals surface area contributed by atoms with Crippen LogP contribution in [0.15, 0.2) is 36.4 Å². The molecule has 0 aliphatic carbocycles. The number of nitrogens with one attached hydrogen (secondary N) is 2. The van der Waals surface area contributed by atoms with Crippen LogP contribution in [0, 0.1) is 6.92 Å². The third kappa shape index (κ3) is 4.73. The molecular weight excluding hydrogens is 343 g/mol. The van der Waals surface area contributed by atoms with E-state index in [1.54, 1.807) is 6.07 Å². The molecule has 0 saturated heterocycles. The average molecular weight is 366 g/mol. The molecule has 0 aromatic heterocycles. The minimum absolute atomic E-state index is 0.00495. The lowest BCUT2D eigenvalue weighted by molar-refractivity contribution is -0.885. The van der Waals surface area contributed by atoms with Gasteiger partial charge in [-0.2, -0.15) is 0 Å². The van der Waals surface area contributed by atoms with Gasteiger partial charge in [0.05, 0.1) is 17.1 Å². The molecule has 3 nitrogen and oxygen atoms in total. The number of halogens is 2. The molecule has 2 N–H and O–H groups in total. The molecule has 128 valence electrons. The minimum atomic E-state index is -0.00495. The zero-order valence-electron chi connectivity index (χ0n) is 14.2. The van der Waals surface area contributed by atoms with E-state index in [-0.39, 0.29) is 5.91 Å². The van der Waals surface area contributed by atoms with Gasteiger partial charge in [0, 0.05) is 11.3 Å². The van der Waals surface area contributed by atoms with Gasteiger partial charge in [-0.05, 0) is 30.5 Å². The minimum Gasteiger partial charge on any atom is -0.326 e. The van der Waals surface area contributed by atoms with Crippen molar-refractivity contribution in [2.24, 2.45) is 0 Å². The molecule has 0 aliphatic heterocycles. The Kier molecular flexibility index (Phi) is 6.67. The topological polar surface area (TPSA) is 33.5 Å². The molecule has 0 radical (unpaired) electrons. The third-order valence-electron chi connectivity index (χ3n) is 3.99. The highest BCUT2D eigenvalue weighted by molar-refractivity contribution is 6.42. The monoisotopic (exact) mass is 365 g/mol. The van der Waals surface area contributed by atoms with Gasteiger partial charge in [-0.3, -0.25) is 4.79 Å². The molecule has 24 heavy (non-hydrogen) atoms. The number of anilines is 1. The van der Waals surface area contributed by atoms with Crippen LogP contribution in [-0.2, 0) is 17.8 Å². The largest absolute Gasteiger partial charge is 0.326 e. The average Bonchev–Trinajstić information content (AvgIpc) is 2.53. The second-order valence-electron chi connectivity index (χ2n) is 6.03. The molecule has 0 spiro atoms. The molecule has 1 unspecified atom stereocenters. The van der Waals surface area contributed by atoms with Crippen molar-refractivity contribution in [1.29, 1.82) is 0 Å². The van der Waals surface area contributed by atoms with Crippen molar-refractivity contribution in [3.63, 3.8) is 0 Å². The fourth-order valence-corrected chi connectivity index (χ4v) is 3.12. The Labute approximate surface area is 153 Å². The summed E-state index contributed by atoms with van der Waals surface area (Å²) in [5, 5.41) is 4.16. The van der Waals surface area contributed by atoms with E-state index in [2.05, 4.69) is 12.2 Å². The summed E-state index contributed by atoms with van der Waals surface area (Å²) < 4.78 is 0. The second-order valence-corrected chi connectivity index (χ2v) is 6.82. The number of para-hydroxylation sites is 1. The number of hydrogen-bond acceptors (Lipinski definition) is 1. The van der Waals surface area contributed by atoms with Crippen LogP contribution >= 0.6 is 23.2 Å². The second kappa shape index (κ2) is 8.52. The third-order valence-corrected chi connectivity index (χ3v) is 4.85. The van der Waals surface area contributed by atoms with Gasteiger partial charge in [0.15, 0.2) is 6.54 Å². The Hall–Kier alpha value is -1.55. The van der Waals surface area contributed by atoms with E-state index < -0.39 is 0 Å². The molecule has 5 heteroatoms. The van der Waals surface area contributed by atoms with Crippen molar-refractivity contribution in [3.8, 4) is 0 Å². The van der Waals surface area contributed by atoms with Gasteiger partial charge in [-0.15, -0.1) is 0 Å². The highest BCUT2D eigenvalue weighted by Gasteiger charge is 2.15. The summed E-state index contributed by atoms with van der Waals surface area (Å²) in [6.45, 7) is 5.10. The first kappa shape index (κ1) is 18.8. The molecule has 0 heterocycles. The maximum Gasteiger partial charge on any atom is 0.279 e. The maximum atomic E-state index is 12.4. The van der Waals surface area contributed by atoms with Gasteiger partial charge in [-0.1, -0.05) is 60.5 Å². The highest BCUT2D eigenvalue weighted by atomic mass is 35.5. The van der Waals surface area contributed by atoms with Crippen LogP contribution in [0.4, 0.5) is 5.69 Å². The number of hydrogen-bond donors (Lipinski definition) is 2. The van der Waals surface area contributed by atoms with Crippen LogP contribution in [-0.4, -0.2) is 19.5 Å². The fraction of sp³-hybridized carbons (Fsp3) is 0.316. The first-order chi connectivity index (χ1) is 11.4. The Morgan fingerprint density at radius 3 is 2.50 bits per heavy atom. The summed E-state index contributed by atoms with van der Waals surface area (Å²) in [5.41, 5.74) is 4.11. The maximum absolute atomic E-state index is 12.4.